The molecule has 1 unspecified atom stereocenters. The van der Waals surface area contributed by atoms with Crippen molar-refractivity contribution in [2.45, 2.75) is 31.1 Å². The van der Waals surface area contributed by atoms with Crippen molar-refractivity contribution >= 4 is 26.7 Å². The molecular formula is C20H19NO3S. The second kappa shape index (κ2) is 5.85. The molecule has 3 aromatic rings. The summed E-state index contributed by atoms with van der Waals surface area (Å²) in [7, 11) is -3.75. The predicted octanol–water partition coefficient (Wildman–Crippen LogP) is 4.03. The molecule has 25 heavy (non-hydrogen) atoms. The first-order chi connectivity index (χ1) is 12.1. The highest BCUT2D eigenvalue weighted by Crippen LogP contribution is 2.37. The molecule has 0 amide bonds. The van der Waals surface area contributed by atoms with Crippen LogP contribution >= 0.6 is 0 Å². The number of carbonyl (C=O) groups is 1. The van der Waals surface area contributed by atoms with Gasteiger partial charge in [-0.05, 0) is 37.5 Å². The van der Waals surface area contributed by atoms with Crippen molar-refractivity contribution in [2.24, 2.45) is 5.92 Å². The maximum absolute atomic E-state index is 13.3. The van der Waals surface area contributed by atoms with E-state index in [0.717, 1.165) is 11.8 Å². The van der Waals surface area contributed by atoms with E-state index in [1.807, 2.05) is 25.1 Å². The van der Waals surface area contributed by atoms with E-state index in [-0.39, 0.29) is 16.6 Å². The fourth-order valence-corrected chi connectivity index (χ4v) is 5.38. The highest BCUT2D eigenvalue weighted by molar-refractivity contribution is 7.90. The molecule has 0 N–H and O–H groups in total. The van der Waals surface area contributed by atoms with Crippen LogP contribution in [-0.4, -0.2) is 18.2 Å². The minimum Gasteiger partial charge on any atom is -0.294 e. The van der Waals surface area contributed by atoms with Crippen LogP contribution in [0.25, 0.3) is 10.9 Å². The highest BCUT2D eigenvalue weighted by atomic mass is 32.2. The summed E-state index contributed by atoms with van der Waals surface area (Å²) >= 11 is 0. The lowest BCUT2D eigenvalue weighted by atomic mass is 9.84. The van der Waals surface area contributed by atoms with Crippen molar-refractivity contribution in [2.75, 3.05) is 0 Å². The van der Waals surface area contributed by atoms with Crippen molar-refractivity contribution in [3.8, 4) is 0 Å². The Morgan fingerprint density at radius 2 is 1.72 bits per heavy atom. The van der Waals surface area contributed by atoms with E-state index < -0.39 is 10.0 Å². The number of nitrogens with zero attached hydrogens (tertiary/aromatic N) is 1. The lowest BCUT2D eigenvalue weighted by molar-refractivity contribution is 0.0900. The maximum atomic E-state index is 13.3. The molecule has 1 aliphatic carbocycles. The van der Waals surface area contributed by atoms with Gasteiger partial charge in [-0.15, -0.1) is 0 Å². The third-order valence-electron chi connectivity index (χ3n) is 5.05. The summed E-state index contributed by atoms with van der Waals surface area (Å²) in [6.45, 7) is 2.01. The molecule has 1 atom stereocenters. The summed E-state index contributed by atoms with van der Waals surface area (Å²) in [5.41, 5.74) is 1.80. The average Bonchev–Trinajstić information content (AvgIpc) is 2.98. The van der Waals surface area contributed by atoms with Crippen LogP contribution in [0, 0.1) is 5.92 Å². The Balaban J connectivity index is 2.06. The van der Waals surface area contributed by atoms with Crippen molar-refractivity contribution in [1.29, 1.82) is 0 Å². The highest BCUT2D eigenvalue weighted by Gasteiger charge is 2.35. The summed E-state index contributed by atoms with van der Waals surface area (Å²) in [4.78, 5) is 13.2. The molecule has 128 valence electrons. The van der Waals surface area contributed by atoms with Crippen molar-refractivity contribution < 1.29 is 13.2 Å². The van der Waals surface area contributed by atoms with Gasteiger partial charge in [-0.25, -0.2) is 12.4 Å². The lowest BCUT2D eigenvalue weighted by Crippen LogP contribution is -2.25. The van der Waals surface area contributed by atoms with Crippen LogP contribution in [0.3, 0.4) is 0 Å². The SMILES string of the molecule is CCC1CCc2c(c3ccccc3n2S(=O)(=O)c2ccccc2)C1=O. The van der Waals surface area contributed by atoms with Crippen LogP contribution in [0.15, 0.2) is 59.5 Å². The zero-order valence-corrected chi connectivity index (χ0v) is 14.8. The van der Waals surface area contributed by atoms with Gasteiger partial charge in [-0.3, -0.25) is 4.79 Å². The number of para-hydroxylation sites is 1. The summed E-state index contributed by atoms with van der Waals surface area (Å²) in [6, 6.07) is 15.7. The van der Waals surface area contributed by atoms with Crippen LogP contribution < -0.4 is 0 Å². The normalized spacial score (nSPS) is 17.6. The van der Waals surface area contributed by atoms with Gasteiger partial charge in [0.25, 0.3) is 10.0 Å². The quantitative estimate of drug-likeness (QED) is 0.714. The Morgan fingerprint density at radius 1 is 1.04 bits per heavy atom. The summed E-state index contributed by atoms with van der Waals surface area (Å²) < 4.78 is 28.0. The van der Waals surface area contributed by atoms with Gasteiger partial charge in [0.1, 0.15) is 0 Å². The molecule has 0 fully saturated rings. The Kier molecular flexibility index (Phi) is 3.76. The van der Waals surface area contributed by atoms with E-state index in [1.165, 1.54) is 3.97 Å². The standard InChI is InChI=1S/C20H19NO3S/c1-2-14-12-13-18-19(20(14)22)16-10-6-7-11-17(16)21(18)25(23,24)15-8-4-3-5-9-15/h3-11,14H,2,12-13H2,1H3. The fraction of sp³-hybridized carbons (Fsp3) is 0.250. The number of hydrogen-bond acceptors (Lipinski definition) is 3. The number of Topliss-reactive ketones (excluding diaryl/α,β-unsaturated/α-hetero) is 1. The fourth-order valence-electron chi connectivity index (χ4n) is 3.77. The monoisotopic (exact) mass is 353 g/mol. The average molecular weight is 353 g/mol. The Bertz CT molecular complexity index is 1070. The molecule has 1 heterocycles. The Morgan fingerprint density at radius 3 is 2.44 bits per heavy atom. The number of rotatable bonds is 3. The van der Waals surface area contributed by atoms with Crippen molar-refractivity contribution in [1.82, 2.24) is 3.97 Å². The van der Waals surface area contributed by atoms with Gasteiger partial charge < -0.3 is 0 Å². The lowest BCUT2D eigenvalue weighted by Gasteiger charge is -2.21. The molecule has 2 aromatic carbocycles. The molecular weight excluding hydrogens is 334 g/mol. The molecule has 0 saturated carbocycles. The number of fused-ring (bicyclic) bond motifs is 3. The van der Waals surface area contributed by atoms with Gasteiger partial charge in [0.2, 0.25) is 0 Å². The predicted molar refractivity (Wildman–Crippen MR) is 97.4 cm³/mol. The second-order valence-electron chi connectivity index (χ2n) is 6.43. The largest absolute Gasteiger partial charge is 0.294 e. The molecule has 4 rings (SSSR count). The third kappa shape index (κ3) is 2.34. The van der Waals surface area contributed by atoms with E-state index >= 15 is 0 Å². The summed E-state index contributed by atoms with van der Waals surface area (Å²) in [5, 5.41) is 0.736. The smallest absolute Gasteiger partial charge is 0.268 e. The van der Waals surface area contributed by atoms with Crippen LogP contribution in [0.1, 0.15) is 35.8 Å². The molecule has 0 spiro atoms. The maximum Gasteiger partial charge on any atom is 0.268 e. The topological polar surface area (TPSA) is 56.1 Å². The molecule has 1 aliphatic rings. The van der Waals surface area contributed by atoms with E-state index in [9.17, 15) is 13.2 Å². The van der Waals surface area contributed by atoms with Crippen LogP contribution in [0.2, 0.25) is 0 Å². The molecule has 0 saturated heterocycles. The Hall–Kier alpha value is -2.40. The molecule has 0 radical (unpaired) electrons. The summed E-state index contributed by atoms with van der Waals surface area (Å²) in [5.74, 6) is 0.0492. The van der Waals surface area contributed by atoms with Crippen molar-refractivity contribution in [3.63, 3.8) is 0 Å². The zero-order chi connectivity index (χ0) is 17.6. The van der Waals surface area contributed by atoms with Gasteiger partial charge in [0.15, 0.2) is 5.78 Å². The second-order valence-corrected chi connectivity index (χ2v) is 8.22. The summed E-state index contributed by atoms with van der Waals surface area (Å²) in [6.07, 6.45) is 2.08. The number of aromatic nitrogens is 1. The molecule has 0 aliphatic heterocycles. The third-order valence-corrected chi connectivity index (χ3v) is 6.81. The number of benzene rings is 2. The van der Waals surface area contributed by atoms with Gasteiger partial charge in [0, 0.05) is 22.6 Å². The van der Waals surface area contributed by atoms with Crippen molar-refractivity contribution in [3.05, 3.63) is 65.9 Å². The van der Waals surface area contributed by atoms with Gasteiger partial charge in [-0.1, -0.05) is 43.3 Å². The first kappa shape index (κ1) is 16.1. The van der Waals surface area contributed by atoms with E-state index in [0.29, 0.717) is 29.6 Å². The minimum absolute atomic E-state index is 0.0221. The first-order valence-corrected chi connectivity index (χ1v) is 9.97. The van der Waals surface area contributed by atoms with Crippen LogP contribution in [-0.2, 0) is 16.4 Å². The number of carbonyl (C=O) groups excluding carboxylic acids is 1. The van der Waals surface area contributed by atoms with E-state index in [2.05, 4.69) is 0 Å². The number of ketones is 1. The van der Waals surface area contributed by atoms with Gasteiger partial charge in [0.05, 0.1) is 10.4 Å². The number of hydrogen-bond donors (Lipinski definition) is 0. The molecule has 5 heteroatoms. The zero-order valence-electron chi connectivity index (χ0n) is 14.0. The molecule has 1 aromatic heterocycles. The van der Waals surface area contributed by atoms with E-state index in [1.54, 1.807) is 36.4 Å². The van der Waals surface area contributed by atoms with Crippen LogP contribution in [0.5, 0.6) is 0 Å². The van der Waals surface area contributed by atoms with E-state index in [4.69, 9.17) is 0 Å². The van der Waals surface area contributed by atoms with Gasteiger partial charge >= 0.3 is 0 Å². The van der Waals surface area contributed by atoms with Crippen LogP contribution in [0.4, 0.5) is 0 Å². The Labute approximate surface area is 147 Å². The van der Waals surface area contributed by atoms with Gasteiger partial charge in [-0.2, -0.15) is 0 Å². The molecule has 0 bridgehead atoms. The molecule has 4 nitrogen and oxygen atoms in total. The minimum atomic E-state index is -3.75. The first-order valence-electron chi connectivity index (χ1n) is 8.53.